The fourth-order valence-corrected chi connectivity index (χ4v) is 2.87. The molecule has 0 aromatic rings. The van der Waals surface area contributed by atoms with Gasteiger partial charge in [0.1, 0.15) is 17.7 Å². The number of rotatable bonds is 3. The van der Waals surface area contributed by atoms with Gasteiger partial charge in [-0.25, -0.2) is 4.39 Å². The fraction of sp³-hybridized carbons (Fsp3) is 0.583. The second-order valence-electron chi connectivity index (χ2n) is 4.83. The number of halogens is 2. The third-order valence-corrected chi connectivity index (χ3v) is 4.13. The van der Waals surface area contributed by atoms with E-state index in [-0.39, 0.29) is 0 Å². The van der Waals surface area contributed by atoms with Gasteiger partial charge in [-0.2, -0.15) is 0 Å². The summed E-state index contributed by atoms with van der Waals surface area (Å²) in [4.78, 5) is 14.5. The molecule has 1 N–H and O–H groups in total. The molecular formula is C12H17BrFN3O. The highest BCUT2D eigenvalue weighted by Crippen LogP contribution is 2.41. The van der Waals surface area contributed by atoms with Crippen molar-refractivity contribution in [3.8, 4) is 0 Å². The monoisotopic (exact) mass is 317 g/mol. The lowest BCUT2D eigenvalue weighted by atomic mass is 10.0. The predicted molar refractivity (Wildman–Crippen MR) is 71.0 cm³/mol. The summed E-state index contributed by atoms with van der Waals surface area (Å²) in [5, 5.41) is 3.33. The largest absolute Gasteiger partial charge is 0.363 e. The average Bonchev–Trinajstić information content (AvgIpc) is 2.61. The van der Waals surface area contributed by atoms with Crippen LogP contribution in [0.3, 0.4) is 0 Å². The van der Waals surface area contributed by atoms with E-state index in [1.54, 1.807) is 13.2 Å². The van der Waals surface area contributed by atoms with Gasteiger partial charge in [0, 0.05) is 24.2 Å². The molecule has 2 atom stereocenters. The highest BCUT2D eigenvalue weighted by atomic mass is 79.9. The van der Waals surface area contributed by atoms with E-state index in [0.29, 0.717) is 10.9 Å². The Kier molecular flexibility index (Phi) is 3.40. The molecule has 18 heavy (non-hydrogen) atoms. The predicted octanol–water partition coefficient (Wildman–Crippen LogP) is 2.25. The summed E-state index contributed by atoms with van der Waals surface area (Å²) in [6.45, 7) is 3.95. The molecule has 0 saturated heterocycles. The number of amides is 1. The van der Waals surface area contributed by atoms with Crippen LogP contribution < -0.4 is 5.32 Å². The molecule has 4 nitrogen and oxygen atoms in total. The van der Waals surface area contributed by atoms with Crippen LogP contribution in [0.4, 0.5) is 4.39 Å². The normalized spacial score (nSPS) is 30.8. The van der Waals surface area contributed by atoms with Gasteiger partial charge in [-0.15, -0.1) is 0 Å². The number of fused-ring (bicyclic) bond motifs is 1. The number of hydrogen-bond acceptors (Lipinski definition) is 3. The molecule has 2 aliphatic rings. The van der Waals surface area contributed by atoms with Gasteiger partial charge in [0.2, 0.25) is 6.41 Å². The van der Waals surface area contributed by atoms with Crippen LogP contribution in [0, 0.1) is 0 Å². The molecule has 0 aromatic carbocycles. The number of hydrogen-bond donors (Lipinski definition) is 1. The summed E-state index contributed by atoms with van der Waals surface area (Å²) >= 11 is 3.24. The maximum atomic E-state index is 13.8. The highest BCUT2D eigenvalue weighted by molar-refractivity contribution is 9.11. The Morgan fingerprint density at radius 2 is 2.44 bits per heavy atom. The number of carbonyl (C=O) groups is 1. The number of carbonyl (C=O) groups excluding carboxylic acids is 1. The summed E-state index contributed by atoms with van der Waals surface area (Å²) < 4.78 is 14.3. The number of nitrogens with zero attached hydrogens (tertiary/aromatic N) is 2. The van der Waals surface area contributed by atoms with E-state index in [9.17, 15) is 9.18 Å². The van der Waals surface area contributed by atoms with Gasteiger partial charge in [-0.05, 0) is 13.3 Å². The summed E-state index contributed by atoms with van der Waals surface area (Å²) in [5.41, 5.74) is 0.451. The van der Waals surface area contributed by atoms with Crippen LogP contribution in [-0.4, -0.2) is 35.1 Å². The first-order chi connectivity index (χ1) is 8.42. The van der Waals surface area contributed by atoms with E-state index >= 15 is 0 Å². The van der Waals surface area contributed by atoms with Crippen molar-refractivity contribution in [3.63, 3.8) is 0 Å². The van der Waals surface area contributed by atoms with Gasteiger partial charge in [-0.1, -0.05) is 22.9 Å². The molecule has 2 unspecified atom stereocenters. The van der Waals surface area contributed by atoms with Gasteiger partial charge in [0.15, 0.2) is 0 Å². The van der Waals surface area contributed by atoms with E-state index in [0.717, 1.165) is 24.3 Å². The van der Waals surface area contributed by atoms with Crippen molar-refractivity contribution in [1.82, 2.24) is 15.1 Å². The Hall–Kier alpha value is -1.04. The first-order valence-electron chi connectivity index (χ1n) is 5.93. The number of allylic oxidation sites excluding steroid dienone is 2. The fourth-order valence-electron chi connectivity index (χ4n) is 2.50. The van der Waals surface area contributed by atoms with E-state index in [2.05, 4.69) is 21.2 Å². The van der Waals surface area contributed by atoms with Gasteiger partial charge >= 0.3 is 0 Å². The molecule has 0 radical (unpaired) electrons. The van der Waals surface area contributed by atoms with Crippen molar-refractivity contribution in [2.24, 2.45) is 0 Å². The molecule has 6 heteroatoms. The van der Waals surface area contributed by atoms with Gasteiger partial charge in [0.05, 0.1) is 5.70 Å². The van der Waals surface area contributed by atoms with Crippen LogP contribution in [0.25, 0.3) is 0 Å². The van der Waals surface area contributed by atoms with Crippen LogP contribution >= 0.6 is 15.9 Å². The zero-order valence-electron chi connectivity index (χ0n) is 10.7. The van der Waals surface area contributed by atoms with Gasteiger partial charge in [-0.3, -0.25) is 4.79 Å². The van der Waals surface area contributed by atoms with Gasteiger partial charge in [0.25, 0.3) is 0 Å². The lowest BCUT2D eigenvalue weighted by molar-refractivity contribution is -0.116. The zero-order chi connectivity index (χ0) is 13.5. The van der Waals surface area contributed by atoms with Crippen molar-refractivity contribution >= 4 is 22.3 Å². The molecule has 0 spiro atoms. The molecular weight excluding hydrogens is 301 g/mol. The zero-order valence-corrected chi connectivity index (χ0v) is 12.3. The Labute approximate surface area is 115 Å². The third kappa shape index (κ3) is 1.92. The van der Waals surface area contributed by atoms with Crippen molar-refractivity contribution < 1.29 is 9.18 Å². The topological polar surface area (TPSA) is 35.6 Å². The maximum absolute atomic E-state index is 13.8. The number of nitrogens with one attached hydrogen (secondary N) is 1. The second kappa shape index (κ2) is 4.57. The van der Waals surface area contributed by atoms with Crippen LogP contribution in [0.2, 0.25) is 0 Å². The van der Waals surface area contributed by atoms with Crippen LogP contribution in [0.15, 0.2) is 22.2 Å². The van der Waals surface area contributed by atoms with Crippen LogP contribution in [-0.2, 0) is 4.79 Å². The van der Waals surface area contributed by atoms with Crippen molar-refractivity contribution in [2.45, 2.75) is 38.5 Å². The first kappa shape index (κ1) is 13.4. The Morgan fingerprint density at radius 1 is 1.78 bits per heavy atom. The SMILES string of the molecule is CCC1=C(N(C)C=O)N2C=C(Br)C(F)CC2(C)N1. The van der Waals surface area contributed by atoms with Crippen molar-refractivity contribution in [2.75, 3.05) is 7.05 Å². The minimum atomic E-state index is -1.02. The van der Waals surface area contributed by atoms with Gasteiger partial charge < -0.3 is 15.1 Å². The molecule has 0 aliphatic carbocycles. The average molecular weight is 318 g/mol. The molecule has 100 valence electrons. The molecule has 2 rings (SSSR count). The third-order valence-electron chi connectivity index (χ3n) is 3.42. The number of alkyl halides is 1. The first-order valence-corrected chi connectivity index (χ1v) is 6.72. The molecule has 0 aromatic heterocycles. The summed E-state index contributed by atoms with van der Waals surface area (Å²) in [7, 11) is 1.70. The van der Waals surface area contributed by atoms with E-state index in [4.69, 9.17) is 0 Å². The van der Waals surface area contributed by atoms with Crippen molar-refractivity contribution in [3.05, 3.63) is 22.2 Å². The molecule has 0 saturated carbocycles. The van der Waals surface area contributed by atoms with E-state index < -0.39 is 11.8 Å². The summed E-state index contributed by atoms with van der Waals surface area (Å²) in [5.74, 6) is 0.791. The smallest absolute Gasteiger partial charge is 0.215 e. The minimum absolute atomic E-state index is 0.337. The minimum Gasteiger partial charge on any atom is -0.363 e. The van der Waals surface area contributed by atoms with Crippen LogP contribution in [0.1, 0.15) is 26.7 Å². The van der Waals surface area contributed by atoms with E-state index in [1.807, 2.05) is 18.7 Å². The van der Waals surface area contributed by atoms with Crippen molar-refractivity contribution in [1.29, 1.82) is 0 Å². The molecule has 2 heterocycles. The standard InChI is InChI=1S/C12H17BrFN3O/c1-4-10-11(16(3)7-18)17-6-8(13)9(14)5-12(17,2)15-10/h6-7,9,15H,4-5H2,1-3H3. The van der Waals surface area contributed by atoms with E-state index in [1.165, 1.54) is 4.90 Å². The maximum Gasteiger partial charge on any atom is 0.215 e. The molecule has 1 amide bonds. The lowest BCUT2D eigenvalue weighted by Crippen LogP contribution is -2.52. The lowest BCUT2D eigenvalue weighted by Gasteiger charge is -2.41. The second-order valence-corrected chi connectivity index (χ2v) is 5.74. The Morgan fingerprint density at radius 3 is 3.00 bits per heavy atom. The molecule has 2 aliphatic heterocycles. The summed E-state index contributed by atoms with van der Waals surface area (Å²) in [6, 6.07) is 0. The molecule has 0 fully saturated rings. The van der Waals surface area contributed by atoms with Crippen LogP contribution in [0.5, 0.6) is 0 Å². The quantitative estimate of drug-likeness (QED) is 0.811. The summed E-state index contributed by atoms with van der Waals surface area (Å²) in [6.07, 6.45) is 2.57. The Balaban J connectivity index is 2.45. The highest BCUT2D eigenvalue weighted by Gasteiger charge is 2.46. The molecule has 0 bridgehead atoms. The Bertz CT molecular complexity index is 437.